The number of carbonyl (C=O) groups excluding carboxylic acids is 2. The lowest BCUT2D eigenvalue weighted by molar-refractivity contribution is -0.124. The zero-order valence-electron chi connectivity index (χ0n) is 16.3. The molecule has 0 spiro atoms. The Morgan fingerprint density at radius 3 is 2.54 bits per heavy atom. The van der Waals surface area contributed by atoms with Crippen molar-refractivity contribution in [1.82, 2.24) is 24.9 Å². The maximum atomic E-state index is 12.1. The van der Waals surface area contributed by atoms with Crippen LogP contribution in [0.3, 0.4) is 0 Å². The summed E-state index contributed by atoms with van der Waals surface area (Å²) >= 11 is 0. The van der Waals surface area contributed by atoms with Gasteiger partial charge in [-0.2, -0.15) is 4.98 Å². The molecule has 3 rings (SSSR count). The molecule has 0 aliphatic carbocycles. The number of aromatic nitrogens is 4. The minimum absolute atomic E-state index is 0.131. The van der Waals surface area contributed by atoms with E-state index in [2.05, 4.69) is 20.4 Å². The maximum Gasteiger partial charge on any atom is 0.378 e. The lowest BCUT2D eigenvalue weighted by Gasteiger charge is -2.12. The molecule has 0 saturated heterocycles. The van der Waals surface area contributed by atoms with Gasteiger partial charge in [0, 0.05) is 37.7 Å². The minimum atomic E-state index is -0.770. The van der Waals surface area contributed by atoms with E-state index in [0.717, 1.165) is 22.6 Å². The molecular formula is C19H22N6O3. The lowest BCUT2D eigenvalue weighted by atomic mass is 10.2. The molecule has 0 bridgehead atoms. The number of nitrogens with zero attached hydrogens (tertiary/aromatic N) is 5. The number of hydrogen-bond acceptors (Lipinski definition) is 7. The maximum absolute atomic E-state index is 12.1. The number of rotatable bonds is 6. The van der Waals surface area contributed by atoms with Crippen molar-refractivity contribution in [2.75, 3.05) is 25.6 Å². The first-order valence-corrected chi connectivity index (χ1v) is 8.74. The number of ether oxygens (including phenoxy) is 1. The fraction of sp³-hybridized carbons (Fsp3) is 0.316. The molecule has 9 nitrogen and oxygen atoms in total. The van der Waals surface area contributed by atoms with Crippen molar-refractivity contribution in [1.29, 1.82) is 0 Å². The summed E-state index contributed by atoms with van der Waals surface area (Å²) < 4.78 is 6.46. The van der Waals surface area contributed by atoms with Crippen LogP contribution >= 0.6 is 0 Å². The predicted molar refractivity (Wildman–Crippen MR) is 103 cm³/mol. The van der Waals surface area contributed by atoms with Crippen LogP contribution in [0.2, 0.25) is 0 Å². The molecule has 0 atom stereocenters. The summed E-state index contributed by atoms with van der Waals surface area (Å²) in [6, 6.07) is 9.62. The number of fused-ring (bicyclic) bond motifs is 1. The summed E-state index contributed by atoms with van der Waals surface area (Å²) in [5.74, 6) is -0.990. The third-order valence-corrected chi connectivity index (χ3v) is 4.08. The second kappa shape index (κ2) is 8.03. The molecule has 0 saturated carbocycles. The average molecular weight is 382 g/mol. The molecule has 0 aliphatic rings. The smallest absolute Gasteiger partial charge is 0.378 e. The van der Waals surface area contributed by atoms with Crippen LogP contribution in [-0.4, -0.2) is 52.2 Å². The molecule has 0 aliphatic heterocycles. The number of benzene rings is 1. The van der Waals surface area contributed by atoms with E-state index in [1.165, 1.54) is 4.52 Å². The fourth-order valence-corrected chi connectivity index (χ4v) is 2.61. The number of anilines is 1. The van der Waals surface area contributed by atoms with Crippen LogP contribution in [0.25, 0.3) is 5.78 Å². The van der Waals surface area contributed by atoms with Crippen molar-refractivity contribution < 1.29 is 14.3 Å². The third-order valence-electron chi connectivity index (χ3n) is 4.08. The summed E-state index contributed by atoms with van der Waals surface area (Å²) in [5.41, 5.74) is 3.59. The zero-order valence-corrected chi connectivity index (χ0v) is 16.3. The highest BCUT2D eigenvalue weighted by Gasteiger charge is 2.17. The van der Waals surface area contributed by atoms with E-state index in [9.17, 15) is 9.59 Å². The lowest BCUT2D eigenvalue weighted by Crippen LogP contribution is -2.28. The molecule has 1 aromatic carbocycles. The van der Waals surface area contributed by atoms with Crippen LogP contribution in [-0.2, 0) is 16.1 Å². The molecule has 28 heavy (non-hydrogen) atoms. The van der Waals surface area contributed by atoms with E-state index in [4.69, 9.17) is 4.74 Å². The number of carbonyl (C=O) groups is 2. The van der Waals surface area contributed by atoms with Crippen molar-refractivity contribution in [3.05, 3.63) is 53.1 Å². The largest absolute Gasteiger partial charge is 0.450 e. The van der Waals surface area contributed by atoms with Crippen molar-refractivity contribution in [3.63, 3.8) is 0 Å². The number of nitrogens with one attached hydrogen (secondary N) is 1. The van der Waals surface area contributed by atoms with Crippen LogP contribution in [0.4, 0.5) is 5.69 Å². The van der Waals surface area contributed by atoms with Crippen molar-refractivity contribution in [3.8, 4) is 0 Å². The summed E-state index contributed by atoms with van der Waals surface area (Å²) in [6.45, 7) is 3.61. The Labute approximate surface area is 162 Å². The van der Waals surface area contributed by atoms with Gasteiger partial charge in [-0.05, 0) is 37.6 Å². The van der Waals surface area contributed by atoms with Crippen molar-refractivity contribution >= 4 is 23.3 Å². The van der Waals surface area contributed by atoms with Crippen LogP contribution in [0.15, 0.2) is 30.3 Å². The summed E-state index contributed by atoms with van der Waals surface area (Å²) in [4.78, 5) is 34.3. The van der Waals surface area contributed by atoms with Gasteiger partial charge in [0.15, 0.2) is 6.61 Å². The van der Waals surface area contributed by atoms with E-state index in [1.54, 1.807) is 0 Å². The first kappa shape index (κ1) is 19.3. The Morgan fingerprint density at radius 2 is 1.86 bits per heavy atom. The third kappa shape index (κ3) is 4.43. The van der Waals surface area contributed by atoms with Gasteiger partial charge in [-0.25, -0.2) is 14.3 Å². The molecular weight excluding hydrogens is 360 g/mol. The second-order valence-electron chi connectivity index (χ2n) is 6.60. The fourth-order valence-electron chi connectivity index (χ4n) is 2.61. The van der Waals surface area contributed by atoms with Crippen LogP contribution in [0, 0.1) is 13.8 Å². The number of esters is 1. The van der Waals surface area contributed by atoms with Gasteiger partial charge in [-0.3, -0.25) is 4.79 Å². The topological polar surface area (TPSA) is 102 Å². The van der Waals surface area contributed by atoms with E-state index in [-0.39, 0.29) is 5.82 Å². The first-order valence-electron chi connectivity index (χ1n) is 8.74. The van der Waals surface area contributed by atoms with Crippen LogP contribution in [0.5, 0.6) is 0 Å². The van der Waals surface area contributed by atoms with E-state index in [1.807, 2.05) is 63.2 Å². The Hall–Kier alpha value is -3.49. The predicted octanol–water partition coefficient (Wildman–Crippen LogP) is 1.28. The molecule has 1 amide bonds. The van der Waals surface area contributed by atoms with Crippen molar-refractivity contribution in [2.45, 2.75) is 20.4 Å². The van der Waals surface area contributed by atoms with Gasteiger partial charge in [-0.1, -0.05) is 12.1 Å². The minimum Gasteiger partial charge on any atom is -0.450 e. The van der Waals surface area contributed by atoms with E-state index < -0.39 is 18.5 Å². The average Bonchev–Trinajstić information content (AvgIpc) is 3.09. The zero-order chi connectivity index (χ0) is 20.3. The molecule has 9 heteroatoms. The highest BCUT2D eigenvalue weighted by molar-refractivity contribution is 5.88. The van der Waals surface area contributed by atoms with Gasteiger partial charge in [0.05, 0.1) is 0 Å². The van der Waals surface area contributed by atoms with Crippen LogP contribution < -0.4 is 10.2 Å². The first-order chi connectivity index (χ1) is 13.3. The van der Waals surface area contributed by atoms with E-state index in [0.29, 0.717) is 12.3 Å². The molecule has 146 valence electrons. The van der Waals surface area contributed by atoms with Crippen LogP contribution in [0.1, 0.15) is 27.6 Å². The molecule has 0 unspecified atom stereocenters. The standard InChI is InChI=1S/C19H22N6O3/c1-12-9-13(2)25-19(21-12)22-17(23-25)18(27)28-11-16(26)20-10-14-5-7-15(8-6-14)24(3)4/h5-9H,10-11H2,1-4H3,(H,20,26). The summed E-state index contributed by atoms with van der Waals surface area (Å²) in [6.07, 6.45) is 0. The Morgan fingerprint density at radius 1 is 1.14 bits per heavy atom. The second-order valence-corrected chi connectivity index (χ2v) is 6.60. The van der Waals surface area contributed by atoms with Gasteiger partial charge >= 0.3 is 5.97 Å². The quantitative estimate of drug-likeness (QED) is 0.641. The SMILES string of the molecule is Cc1cc(C)n2nc(C(=O)OCC(=O)NCc3ccc(N(C)C)cc3)nc2n1. The monoisotopic (exact) mass is 382 g/mol. The van der Waals surface area contributed by atoms with Gasteiger partial charge in [-0.15, -0.1) is 5.10 Å². The highest BCUT2D eigenvalue weighted by Crippen LogP contribution is 2.12. The van der Waals surface area contributed by atoms with Gasteiger partial charge in [0.25, 0.3) is 17.5 Å². The van der Waals surface area contributed by atoms with Gasteiger partial charge in [0.2, 0.25) is 0 Å². The molecule has 0 radical (unpaired) electrons. The molecule has 2 heterocycles. The van der Waals surface area contributed by atoms with Crippen molar-refractivity contribution in [2.24, 2.45) is 0 Å². The summed E-state index contributed by atoms with van der Waals surface area (Å²) in [5, 5.41) is 6.79. The van der Waals surface area contributed by atoms with Gasteiger partial charge in [0.1, 0.15) is 0 Å². The normalized spacial score (nSPS) is 10.7. The summed E-state index contributed by atoms with van der Waals surface area (Å²) in [7, 11) is 3.92. The Kier molecular flexibility index (Phi) is 5.53. The Bertz CT molecular complexity index is 1010. The number of amides is 1. The van der Waals surface area contributed by atoms with Gasteiger partial charge < -0.3 is 15.0 Å². The molecule has 1 N–H and O–H groups in total. The molecule has 2 aromatic heterocycles. The number of aryl methyl sites for hydroxylation is 2. The number of hydrogen-bond donors (Lipinski definition) is 1. The molecule has 3 aromatic rings. The Balaban J connectivity index is 1.53. The molecule has 0 fully saturated rings. The highest BCUT2D eigenvalue weighted by atomic mass is 16.5. The van der Waals surface area contributed by atoms with E-state index >= 15 is 0 Å².